The van der Waals surface area contributed by atoms with Crippen LogP contribution in [-0.2, 0) is 6.54 Å². The van der Waals surface area contributed by atoms with Gasteiger partial charge in [-0.15, -0.1) is 0 Å². The van der Waals surface area contributed by atoms with E-state index >= 15 is 0 Å². The Hall–Kier alpha value is -2.93. The first-order valence-electron chi connectivity index (χ1n) is 10.2. The summed E-state index contributed by atoms with van der Waals surface area (Å²) in [4.78, 5) is 21.9. The molecule has 1 fully saturated rings. The second-order valence-corrected chi connectivity index (χ2v) is 7.54. The van der Waals surface area contributed by atoms with Gasteiger partial charge in [0.2, 0.25) is 0 Å². The number of amides is 1. The van der Waals surface area contributed by atoms with Gasteiger partial charge in [-0.2, -0.15) is 4.98 Å². The van der Waals surface area contributed by atoms with Gasteiger partial charge in [0, 0.05) is 37.9 Å². The number of hydrogen-bond donors (Lipinski definition) is 0. The second kappa shape index (κ2) is 8.61. The molecule has 0 saturated carbocycles. The van der Waals surface area contributed by atoms with Crippen LogP contribution in [-0.4, -0.2) is 63.1 Å². The number of rotatable bonds is 6. The summed E-state index contributed by atoms with van der Waals surface area (Å²) in [5, 5.41) is 4.09. The van der Waals surface area contributed by atoms with Crippen molar-refractivity contribution in [2.45, 2.75) is 26.8 Å². The summed E-state index contributed by atoms with van der Waals surface area (Å²) < 4.78 is 7.31. The van der Waals surface area contributed by atoms with Gasteiger partial charge in [0.25, 0.3) is 11.8 Å². The maximum Gasteiger partial charge on any atom is 0.270 e. The highest BCUT2D eigenvalue weighted by molar-refractivity contribution is 5.92. The van der Waals surface area contributed by atoms with Gasteiger partial charge in [-0.3, -0.25) is 9.69 Å². The number of piperazine rings is 1. The van der Waals surface area contributed by atoms with Crippen LogP contribution in [0.1, 0.15) is 35.2 Å². The number of nitrogens with zero attached hydrogens (tertiary/aromatic N) is 5. The van der Waals surface area contributed by atoms with Gasteiger partial charge in [0.15, 0.2) is 5.82 Å². The zero-order valence-corrected chi connectivity index (χ0v) is 17.0. The summed E-state index contributed by atoms with van der Waals surface area (Å²) in [7, 11) is 0. The van der Waals surface area contributed by atoms with Crippen molar-refractivity contribution >= 4 is 5.91 Å². The van der Waals surface area contributed by atoms with Crippen LogP contribution < -0.4 is 0 Å². The van der Waals surface area contributed by atoms with Crippen LogP contribution in [0, 0.1) is 6.92 Å². The Morgan fingerprint density at radius 2 is 1.86 bits per heavy atom. The molecule has 1 amide bonds. The number of benzene rings is 1. The van der Waals surface area contributed by atoms with Gasteiger partial charge in [0.1, 0.15) is 5.69 Å². The predicted octanol–water partition coefficient (Wildman–Crippen LogP) is 3.06. The molecule has 0 bridgehead atoms. The molecule has 0 atom stereocenters. The van der Waals surface area contributed by atoms with Crippen molar-refractivity contribution in [2.24, 2.45) is 0 Å². The van der Waals surface area contributed by atoms with Crippen molar-refractivity contribution in [1.29, 1.82) is 0 Å². The average molecular weight is 393 g/mol. The number of carbonyl (C=O) groups excluding carboxylic acids is 1. The minimum atomic E-state index is 0.0633. The highest BCUT2D eigenvalue weighted by Gasteiger charge is 2.24. The average Bonchev–Trinajstić information content (AvgIpc) is 3.39. The summed E-state index contributed by atoms with van der Waals surface area (Å²) in [5.74, 6) is 1.11. The van der Waals surface area contributed by atoms with E-state index in [0.29, 0.717) is 24.0 Å². The van der Waals surface area contributed by atoms with Crippen molar-refractivity contribution in [3.8, 4) is 11.5 Å². The maximum atomic E-state index is 13.0. The Kier molecular flexibility index (Phi) is 5.76. The minimum absolute atomic E-state index is 0.0633. The molecule has 0 aliphatic carbocycles. The predicted molar refractivity (Wildman–Crippen MR) is 111 cm³/mol. The molecule has 152 valence electrons. The molecule has 3 aromatic rings. The van der Waals surface area contributed by atoms with Crippen LogP contribution in [0.3, 0.4) is 0 Å². The molecule has 1 saturated heterocycles. The molecule has 7 heteroatoms. The van der Waals surface area contributed by atoms with E-state index in [1.54, 1.807) is 0 Å². The Morgan fingerprint density at radius 1 is 1.10 bits per heavy atom. The van der Waals surface area contributed by atoms with Crippen molar-refractivity contribution in [3.63, 3.8) is 0 Å². The van der Waals surface area contributed by atoms with Gasteiger partial charge in [-0.1, -0.05) is 29.8 Å². The highest BCUT2D eigenvalue weighted by Crippen LogP contribution is 2.18. The van der Waals surface area contributed by atoms with Crippen molar-refractivity contribution < 1.29 is 9.32 Å². The SMILES string of the molecule is CCCN1CCN(C(=O)c2cccn2Cc2noc(-c3ccc(C)cc3)n2)CC1. The van der Waals surface area contributed by atoms with E-state index in [-0.39, 0.29) is 5.91 Å². The molecule has 29 heavy (non-hydrogen) atoms. The molecule has 1 aromatic carbocycles. The van der Waals surface area contributed by atoms with E-state index in [1.807, 2.05) is 59.0 Å². The lowest BCUT2D eigenvalue weighted by atomic mass is 10.1. The van der Waals surface area contributed by atoms with E-state index < -0.39 is 0 Å². The molecule has 1 aliphatic heterocycles. The maximum absolute atomic E-state index is 13.0. The third-order valence-corrected chi connectivity index (χ3v) is 5.33. The fourth-order valence-electron chi connectivity index (χ4n) is 3.68. The Balaban J connectivity index is 1.43. The standard InChI is InChI=1S/C22H27N5O2/c1-3-10-25-12-14-26(15-13-25)22(28)19-5-4-11-27(19)16-20-23-21(29-24-20)18-8-6-17(2)7-9-18/h4-9,11H,3,10,12-16H2,1-2H3. The highest BCUT2D eigenvalue weighted by atomic mass is 16.5. The number of aryl methyl sites for hydroxylation is 1. The third-order valence-electron chi connectivity index (χ3n) is 5.33. The first-order chi connectivity index (χ1) is 14.1. The molecular weight excluding hydrogens is 366 g/mol. The van der Waals surface area contributed by atoms with Gasteiger partial charge in [-0.05, 0) is 44.2 Å². The van der Waals surface area contributed by atoms with E-state index in [1.165, 1.54) is 5.56 Å². The summed E-state index contributed by atoms with van der Waals surface area (Å²) in [6.45, 7) is 9.13. The van der Waals surface area contributed by atoms with Crippen molar-refractivity contribution in [1.82, 2.24) is 24.5 Å². The normalized spacial score (nSPS) is 15.0. The van der Waals surface area contributed by atoms with E-state index in [9.17, 15) is 4.79 Å². The number of carbonyl (C=O) groups is 1. The Bertz CT molecular complexity index is 952. The first kappa shape index (κ1) is 19.4. The van der Waals surface area contributed by atoms with Crippen molar-refractivity contribution in [2.75, 3.05) is 32.7 Å². The second-order valence-electron chi connectivity index (χ2n) is 7.54. The van der Waals surface area contributed by atoms with Crippen LogP contribution in [0.15, 0.2) is 47.1 Å². The molecule has 0 radical (unpaired) electrons. The molecule has 3 heterocycles. The van der Waals surface area contributed by atoms with Gasteiger partial charge in [-0.25, -0.2) is 0 Å². The summed E-state index contributed by atoms with van der Waals surface area (Å²) >= 11 is 0. The molecule has 4 rings (SSSR count). The largest absolute Gasteiger partial charge is 0.336 e. The summed E-state index contributed by atoms with van der Waals surface area (Å²) in [5.41, 5.74) is 2.73. The van der Waals surface area contributed by atoms with Crippen LogP contribution >= 0.6 is 0 Å². The van der Waals surface area contributed by atoms with E-state index in [0.717, 1.165) is 44.7 Å². The zero-order valence-electron chi connectivity index (χ0n) is 17.0. The Morgan fingerprint density at radius 3 is 2.59 bits per heavy atom. The molecule has 1 aliphatic rings. The van der Waals surface area contributed by atoms with Gasteiger partial charge >= 0.3 is 0 Å². The fourth-order valence-corrected chi connectivity index (χ4v) is 3.68. The molecule has 0 N–H and O–H groups in total. The van der Waals surface area contributed by atoms with Gasteiger partial charge < -0.3 is 14.0 Å². The lowest BCUT2D eigenvalue weighted by Crippen LogP contribution is -2.49. The third kappa shape index (κ3) is 4.40. The molecule has 2 aromatic heterocycles. The smallest absolute Gasteiger partial charge is 0.270 e. The molecule has 0 unspecified atom stereocenters. The fraction of sp³-hybridized carbons (Fsp3) is 0.409. The molecule has 7 nitrogen and oxygen atoms in total. The van der Waals surface area contributed by atoms with Crippen LogP contribution in [0.5, 0.6) is 0 Å². The number of aromatic nitrogens is 3. The van der Waals surface area contributed by atoms with Crippen LogP contribution in [0.25, 0.3) is 11.5 Å². The zero-order chi connectivity index (χ0) is 20.2. The van der Waals surface area contributed by atoms with Crippen molar-refractivity contribution in [3.05, 3.63) is 59.7 Å². The lowest BCUT2D eigenvalue weighted by molar-refractivity contribution is 0.0627. The monoisotopic (exact) mass is 393 g/mol. The van der Waals surface area contributed by atoms with E-state index in [4.69, 9.17) is 4.52 Å². The Labute approximate surface area is 170 Å². The first-order valence-corrected chi connectivity index (χ1v) is 10.2. The number of hydrogen-bond acceptors (Lipinski definition) is 5. The molecule has 0 spiro atoms. The summed E-state index contributed by atoms with van der Waals surface area (Å²) in [6.07, 6.45) is 3.04. The van der Waals surface area contributed by atoms with Crippen LogP contribution in [0.4, 0.5) is 0 Å². The lowest BCUT2D eigenvalue weighted by Gasteiger charge is -2.34. The van der Waals surface area contributed by atoms with Crippen LogP contribution in [0.2, 0.25) is 0 Å². The topological polar surface area (TPSA) is 67.4 Å². The summed E-state index contributed by atoms with van der Waals surface area (Å²) in [6, 6.07) is 11.7. The molecular formula is C22H27N5O2. The quantitative estimate of drug-likeness (QED) is 0.644. The van der Waals surface area contributed by atoms with Gasteiger partial charge in [0.05, 0.1) is 6.54 Å². The van der Waals surface area contributed by atoms with E-state index in [2.05, 4.69) is 22.0 Å². The minimum Gasteiger partial charge on any atom is -0.336 e.